The van der Waals surface area contributed by atoms with Gasteiger partial charge < -0.3 is 9.15 Å². The van der Waals surface area contributed by atoms with Gasteiger partial charge in [0.05, 0.1) is 6.26 Å². The molecule has 0 aliphatic heterocycles. The minimum absolute atomic E-state index is 0.445. The number of hydrogen-bond donors (Lipinski definition) is 0. The molecule has 0 aromatic carbocycles. The van der Waals surface area contributed by atoms with E-state index in [4.69, 9.17) is 9.15 Å². The summed E-state index contributed by atoms with van der Waals surface area (Å²) in [6, 6.07) is 3.61. The summed E-state index contributed by atoms with van der Waals surface area (Å²) in [5.74, 6) is 6.23. The summed E-state index contributed by atoms with van der Waals surface area (Å²) in [7, 11) is 1.61. The smallest absolute Gasteiger partial charge is 0.176 e. The first-order chi connectivity index (χ1) is 4.93. The molecule has 0 N–H and O–H groups in total. The fourth-order valence-corrected chi connectivity index (χ4v) is 0.545. The second-order valence-electron chi connectivity index (χ2n) is 1.71. The number of furan rings is 1. The van der Waals surface area contributed by atoms with E-state index in [0.29, 0.717) is 12.4 Å². The topological polar surface area (TPSA) is 22.4 Å². The monoisotopic (exact) mass is 136 g/mol. The fourth-order valence-electron chi connectivity index (χ4n) is 0.545. The van der Waals surface area contributed by atoms with Crippen LogP contribution in [0.15, 0.2) is 22.8 Å². The Labute approximate surface area is 59.8 Å². The molecule has 0 spiro atoms. The molecule has 0 bridgehead atoms. The van der Waals surface area contributed by atoms with Crippen molar-refractivity contribution in [3.8, 4) is 11.8 Å². The largest absolute Gasteiger partial charge is 0.456 e. The minimum Gasteiger partial charge on any atom is -0.456 e. The molecule has 0 aliphatic rings. The fraction of sp³-hybridized carbons (Fsp3) is 0.250. The highest BCUT2D eigenvalue weighted by Gasteiger charge is 1.83. The van der Waals surface area contributed by atoms with Crippen LogP contribution in [0.4, 0.5) is 0 Å². The first kappa shape index (κ1) is 6.91. The Bertz CT molecular complexity index is 226. The molecule has 2 heteroatoms. The van der Waals surface area contributed by atoms with Gasteiger partial charge in [-0.3, -0.25) is 0 Å². The maximum Gasteiger partial charge on any atom is 0.176 e. The molecule has 0 saturated heterocycles. The summed E-state index contributed by atoms with van der Waals surface area (Å²) >= 11 is 0. The molecule has 52 valence electrons. The van der Waals surface area contributed by atoms with Crippen molar-refractivity contribution in [1.82, 2.24) is 0 Å². The highest BCUT2D eigenvalue weighted by Crippen LogP contribution is 1.95. The maximum absolute atomic E-state index is 4.95. The van der Waals surface area contributed by atoms with Crippen LogP contribution < -0.4 is 0 Å². The van der Waals surface area contributed by atoms with Crippen LogP contribution in [0.5, 0.6) is 0 Å². The standard InChI is InChI=1S/C8H8O2/c1-9-6-2-4-8-5-3-7-10-8/h3,5,7H,6H2,1H3. The molecule has 0 fully saturated rings. The van der Waals surface area contributed by atoms with E-state index in [0.717, 1.165) is 0 Å². The number of rotatable bonds is 1. The summed E-state index contributed by atoms with van der Waals surface area (Å²) in [5, 5.41) is 0. The average Bonchev–Trinajstić information content (AvgIpc) is 2.41. The van der Waals surface area contributed by atoms with Gasteiger partial charge in [-0.25, -0.2) is 0 Å². The van der Waals surface area contributed by atoms with Crippen LogP contribution >= 0.6 is 0 Å². The normalized spacial score (nSPS) is 8.50. The molecule has 1 rings (SSSR count). The summed E-state index contributed by atoms with van der Waals surface area (Å²) in [6.45, 7) is 0.445. The van der Waals surface area contributed by atoms with Crippen molar-refractivity contribution in [3.05, 3.63) is 24.2 Å². The lowest BCUT2D eigenvalue weighted by Gasteiger charge is -1.80. The molecule has 10 heavy (non-hydrogen) atoms. The first-order valence-corrected chi connectivity index (χ1v) is 2.95. The molecule has 0 saturated carbocycles. The van der Waals surface area contributed by atoms with Crippen molar-refractivity contribution < 1.29 is 9.15 Å². The molecule has 0 amide bonds. The lowest BCUT2D eigenvalue weighted by atomic mass is 10.4. The van der Waals surface area contributed by atoms with E-state index in [-0.39, 0.29) is 0 Å². The molecule has 2 nitrogen and oxygen atoms in total. The Kier molecular flexibility index (Phi) is 2.60. The van der Waals surface area contributed by atoms with Crippen LogP contribution in [0.25, 0.3) is 0 Å². The lowest BCUT2D eigenvalue weighted by molar-refractivity contribution is 0.239. The van der Waals surface area contributed by atoms with Crippen LogP contribution in [0.2, 0.25) is 0 Å². The van der Waals surface area contributed by atoms with Crippen molar-refractivity contribution in [1.29, 1.82) is 0 Å². The van der Waals surface area contributed by atoms with Crippen LogP contribution in [-0.4, -0.2) is 13.7 Å². The van der Waals surface area contributed by atoms with E-state index in [1.165, 1.54) is 0 Å². The molecule has 1 aromatic heterocycles. The second kappa shape index (κ2) is 3.76. The van der Waals surface area contributed by atoms with E-state index in [1.807, 2.05) is 6.07 Å². The average molecular weight is 136 g/mol. The molecule has 1 heterocycles. The Balaban J connectivity index is 2.49. The van der Waals surface area contributed by atoms with Gasteiger partial charge in [0.15, 0.2) is 5.76 Å². The van der Waals surface area contributed by atoms with Crippen molar-refractivity contribution in [2.75, 3.05) is 13.7 Å². The highest BCUT2D eigenvalue weighted by molar-refractivity contribution is 5.24. The van der Waals surface area contributed by atoms with Gasteiger partial charge in [0.25, 0.3) is 0 Å². The Morgan fingerprint density at radius 1 is 1.70 bits per heavy atom. The van der Waals surface area contributed by atoms with Crippen molar-refractivity contribution in [3.63, 3.8) is 0 Å². The molecule has 0 atom stereocenters. The molecule has 1 aromatic rings. The maximum atomic E-state index is 4.95. The number of ether oxygens (including phenoxy) is 1. The van der Waals surface area contributed by atoms with Gasteiger partial charge in [-0.05, 0) is 18.1 Å². The highest BCUT2D eigenvalue weighted by atomic mass is 16.5. The quantitative estimate of drug-likeness (QED) is 0.542. The van der Waals surface area contributed by atoms with E-state index >= 15 is 0 Å². The predicted molar refractivity (Wildman–Crippen MR) is 37.5 cm³/mol. The van der Waals surface area contributed by atoms with E-state index in [1.54, 1.807) is 19.4 Å². The second-order valence-corrected chi connectivity index (χ2v) is 1.71. The van der Waals surface area contributed by atoms with Gasteiger partial charge in [0.1, 0.15) is 6.61 Å². The zero-order chi connectivity index (χ0) is 7.23. The summed E-state index contributed by atoms with van der Waals surface area (Å²) in [5.41, 5.74) is 0. The number of hydrogen-bond acceptors (Lipinski definition) is 2. The zero-order valence-corrected chi connectivity index (χ0v) is 5.76. The molecular weight excluding hydrogens is 128 g/mol. The Morgan fingerprint density at radius 2 is 2.60 bits per heavy atom. The third-order valence-electron chi connectivity index (χ3n) is 0.949. The summed E-state index contributed by atoms with van der Waals surface area (Å²) < 4.78 is 9.68. The Hall–Kier alpha value is -1.20. The Morgan fingerprint density at radius 3 is 3.20 bits per heavy atom. The van der Waals surface area contributed by atoms with Crippen LogP contribution in [-0.2, 0) is 4.74 Å². The van der Waals surface area contributed by atoms with Crippen molar-refractivity contribution in [2.45, 2.75) is 0 Å². The molecule has 0 unspecified atom stereocenters. The van der Waals surface area contributed by atoms with Crippen LogP contribution in [0.3, 0.4) is 0 Å². The van der Waals surface area contributed by atoms with Crippen LogP contribution in [0.1, 0.15) is 5.76 Å². The van der Waals surface area contributed by atoms with Gasteiger partial charge in [0, 0.05) is 7.11 Å². The minimum atomic E-state index is 0.445. The third-order valence-corrected chi connectivity index (χ3v) is 0.949. The SMILES string of the molecule is COCC#Cc1ccco1. The van der Waals surface area contributed by atoms with Gasteiger partial charge in [0.2, 0.25) is 0 Å². The van der Waals surface area contributed by atoms with E-state index in [9.17, 15) is 0 Å². The summed E-state index contributed by atoms with van der Waals surface area (Å²) in [4.78, 5) is 0. The van der Waals surface area contributed by atoms with Crippen molar-refractivity contribution >= 4 is 0 Å². The zero-order valence-electron chi connectivity index (χ0n) is 5.76. The van der Waals surface area contributed by atoms with Crippen LogP contribution in [0, 0.1) is 11.8 Å². The third kappa shape index (κ3) is 1.96. The van der Waals surface area contributed by atoms with Gasteiger partial charge in [-0.2, -0.15) is 0 Å². The van der Waals surface area contributed by atoms with E-state index in [2.05, 4.69) is 11.8 Å². The molecule has 0 radical (unpaired) electrons. The first-order valence-electron chi connectivity index (χ1n) is 2.95. The van der Waals surface area contributed by atoms with Gasteiger partial charge >= 0.3 is 0 Å². The number of methoxy groups -OCH3 is 1. The molecule has 0 aliphatic carbocycles. The molecular formula is C8H8O2. The van der Waals surface area contributed by atoms with Crippen molar-refractivity contribution in [2.24, 2.45) is 0 Å². The van der Waals surface area contributed by atoms with E-state index < -0.39 is 0 Å². The lowest BCUT2D eigenvalue weighted by Crippen LogP contribution is -1.80. The summed E-state index contributed by atoms with van der Waals surface area (Å²) in [6.07, 6.45) is 1.59. The predicted octanol–water partition coefficient (Wildman–Crippen LogP) is 1.28. The van der Waals surface area contributed by atoms with Gasteiger partial charge in [-0.1, -0.05) is 5.92 Å². The van der Waals surface area contributed by atoms with Gasteiger partial charge in [-0.15, -0.1) is 0 Å².